The molecule has 5 nitrogen and oxygen atoms in total. The molecule has 128 valence electrons. The second-order valence-electron chi connectivity index (χ2n) is 6.48. The van der Waals surface area contributed by atoms with E-state index in [0.717, 1.165) is 6.07 Å². The van der Waals surface area contributed by atoms with Gasteiger partial charge in [0.1, 0.15) is 11.3 Å². The smallest absolute Gasteiger partial charge is 0.433 e. The minimum Gasteiger partial charge on any atom is -0.444 e. The Morgan fingerprint density at radius 2 is 2.04 bits per heavy atom. The molecule has 2 heterocycles. The Bertz CT molecular complexity index is 553. The average molecular weight is 331 g/mol. The average Bonchev–Trinajstić information content (AvgIpc) is 2.84. The summed E-state index contributed by atoms with van der Waals surface area (Å²) in [6.45, 7) is 6.48. The molecule has 1 amide bonds. The molecule has 1 aliphatic rings. The number of pyridine rings is 1. The van der Waals surface area contributed by atoms with Gasteiger partial charge in [0.15, 0.2) is 0 Å². The molecule has 0 spiro atoms. The third-order valence-electron chi connectivity index (χ3n) is 3.31. The largest absolute Gasteiger partial charge is 0.444 e. The fraction of sp³-hybridized carbons (Fsp3) is 0.600. The normalized spacial score (nSPS) is 18.9. The van der Waals surface area contributed by atoms with Gasteiger partial charge in [-0.3, -0.25) is 0 Å². The molecule has 0 radical (unpaired) electrons. The minimum absolute atomic E-state index is 0.104. The van der Waals surface area contributed by atoms with E-state index in [0.29, 0.717) is 25.2 Å². The third-order valence-corrected chi connectivity index (χ3v) is 3.31. The second-order valence-corrected chi connectivity index (χ2v) is 6.48. The maximum atomic E-state index is 12.5. The van der Waals surface area contributed by atoms with Crippen molar-refractivity contribution in [2.24, 2.45) is 0 Å². The van der Waals surface area contributed by atoms with Crippen molar-refractivity contribution in [3.8, 4) is 0 Å². The van der Waals surface area contributed by atoms with Gasteiger partial charge >= 0.3 is 12.3 Å². The quantitative estimate of drug-likeness (QED) is 0.904. The number of carbonyl (C=O) groups is 1. The number of nitrogens with one attached hydrogen (secondary N) is 1. The molecule has 1 aromatic heterocycles. The fourth-order valence-electron chi connectivity index (χ4n) is 2.33. The summed E-state index contributed by atoms with van der Waals surface area (Å²) in [5, 5.41) is 2.77. The van der Waals surface area contributed by atoms with E-state index in [2.05, 4.69) is 10.3 Å². The molecular formula is C15H20F3N3O2. The second kappa shape index (κ2) is 6.25. The monoisotopic (exact) mass is 331 g/mol. The number of hydrogen-bond donors (Lipinski definition) is 1. The van der Waals surface area contributed by atoms with E-state index < -0.39 is 23.6 Å². The topological polar surface area (TPSA) is 54.5 Å². The summed E-state index contributed by atoms with van der Waals surface area (Å²) in [6.07, 6.45) is -3.03. The van der Waals surface area contributed by atoms with Crippen LogP contribution in [0.15, 0.2) is 18.3 Å². The zero-order valence-electron chi connectivity index (χ0n) is 13.3. The van der Waals surface area contributed by atoms with Crippen LogP contribution in [-0.4, -0.2) is 35.8 Å². The molecule has 1 N–H and O–H groups in total. The van der Waals surface area contributed by atoms with Crippen LogP contribution in [-0.2, 0) is 10.9 Å². The SMILES string of the molecule is CC(C)(C)OC(=O)N[C@H]1CCN(c2ccc(C(F)(F)F)nc2)C1. The molecule has 0 aromatic carbocycles. The standard InChI is InChI=1S/C15H20F3N3O2/c1-14(2,3)23-13(22)20-10-6-7-21(9-10)11-4-5-12(19-8-11)15(16,17)18/h4-5,8,10H,6-7,9H2,1-3H3,(H,20,22)/t10-/m0/s1. The highest BCUT2D eigenvalue weighted by Gasteiger charge is 2.33. The van der Waals surface area contributed by atoms with Gasteiger partial charge in [-0.25, -0.2) is 9.78 Å². The van der Waals surface area contributed by atoms with Gasteiger partial charge in [0, 0.05) is 13.1 Å². The number of halogens is 3. The van der Waals surface area contributed by atoms with Crippen LogP contribution in [0.3, 0.4) is 0 Å². The Kier molecular flexibility index (Phi) is 4.72. The van der Waals surface area contributed by atoms with Crippen LogP contribution in [0.25, 0.3) is 0 Å². The lowest BCUT2D eigenvalue weighted by atomic mass is 10.2. The minimum atomic E-state index is -4.44. The van der Waals surface area contributed by atoms with Crippen LogP contribution < -0.4 is 10.2 Å². The van der Waals surface area contributed by atoms with Gasteiger partial charge < -0.3 is 15.0 Å². The van der Waals surface area contributed by atoms with Crippen molar-refractivity contribution in [1.29, 1.82) is 0 Å². The van der Waals surface area contributed by atoms with Crippen molar-refractivity contribution in [3.05, 3.63) is 24.0 Å². The first-order valence-electron chi connectivity index (χ1n) is 7.32. The molecule has 1 aromatic rings. The predicted octanol–water partition coefficient (Wildman–Crippen LogP) is 3.20. The Labute approximate surface area is 132 Å². The Hall–Kier alpha value is -1.99. The van der Waals surface area contributed by atoms with Crippen molar-refractivity contribution in [2.75, 3.05) is 18.0 Å². The molecule has 23 heavy (non-hydrogen) atoms. The fourth-order valence-corrected chi connectivity index (χ4v) is 2.33. The highest BCUT2D eigenvalue weighted by molar-refractivity contribution is 5.68. The van der Waals surface area contributed by atoms with Crippen LogP contribution in [0.1, 0.15) is 32.9 Å². The summed E-state index contributed by atoms with van der Waals surface area (Å²) in [6, 6.07) is 2.25. The molecule has 0 bridgehead atoms. The van der Waals surface area contributed by atoms with Crippen molar-refractivity contribution in [2.45, 2.75) is 45.0 Å². The number of alkyl carbamates (subject to hydrolysis) is 1. The molecule has 0 saturated carbocycles. The molecular weight excluding hydrogens is 311 g/mol. The van der Waals surface area contributed by atoms with Crippen molar-refractivity contribution in [1.82, 2.24) is 10.3 Å². The van der Waals surface area contributed by atoms with Gasteiger partial charge in [0.05, 0.1) is 17.9 Å². The third kappa shape index (κ3) is 5.01. The number of alkyl halides is 3. The summed E-state index contributed by atoms with van der Waals surface area (Å²) < 4.78 is 42.7. The van der Waals surface area contributed by atoms with Crippen molar-refractivity contribution < 1.29 is 22.7 Å². The van der Waals surface area contributed by atoms with Crippen molar-refractivity contribution in [3.63, 3.8) is 0 Å². The molecule has 0 aliphatic carbocycles. The lowest BCUT2D eigenvalue weighted by Crippen LogP contribution is -2.40. The summed E-state index contributed by atoms with van der Waals surface area (Å²) >= 11 is 0. The number of rotatable bonds is 2. The summed E-state index contributed by atoms with van der Waals surface area (Å²) in [5.41, 5.74) is -0.880. The number of aromatic nitrogens is 1. The lowest BCUT2D eigenvalue weighted by molar-refractivity contribution is -0.141. The van der Waals surface area contributed by atoms with Gasteiger partial charge in [-0.15, -0.1) is 0 Å². The highest BCUT2D eigenvalue weighted by atomic mass is 19.4. The Morgan fingerprint density at radius 1 is 1.35 bits per heavy atom. The van der Waals surface area contributed by atoms with E-state index in [1.54, 1.807) is 20.8 Å². The van der Waals surface area contributed by atoms with Crippen LogP contribution in [0.5, 0.6) is 0 Å². The summed E-state index contributed by atoms with van der Waals surface area (Å²) in [7, 11) is 0. The van der Waals surface area contributed by atoms with E-state index in [-0.39, 0.29) is 6.04 Å². The lowest BCUT2D eigenvalue weighted by Gasteiger charge is -2.22. The number of anilines is 1. The maximum absolute atomic E-state index is 12.5. The van der Waals surface area contributed by atoms with Crippen LogP contribution >= 0.6 is 0 Å². The van der Waals surface area contributed by atoms with Crippen LogP contribution in [0.4, 0.5) is 23.7 Å². The van der Waals surface area contributed by atoms with Crippen LogP contribution in [0.2, 0.25) is 0 Å². The zero-order chi connectivity index (χ0) is 17.3. The van der Waals surface area contributed by atoms with Gasteiger partial charge in [0.2, 0.25) is 0 Å². The van der Waals surface area contributed by atoms with Crippen LogP contribution in [0, 0.1) is 0 Å². The van der Waals surface area contributed by atoms with Crippen molar-refractivity contribution >= 4 is 11.8 Å². The summed E-state index contributed by atoms with van der Waals surface area (Å²) in [4.78, 5) is 17.1. The first kappa shape index (κ1) is 17.4. The number of hydrogen-bond acceptors (Lipinski definition) is 4. The molecule has 1 fully saturated rings. The Morgan fingerprint density at radius 3 is 2.57 bits per heavy atom. The number of nitrogens with zero attached hydrogens (tertiary/aromatic N) is 2. The molecule has 8 heteroatoms. The van der Waals surface area contributed by atoms with Gasteiger partial charge in [-0.05, 0) is 39.3 Å². The first-order valence-corrected chi connectivity index (χ1v) is 7.32. The zero-order valence-corrected chi connectivity index (χ0v) is 13.3. The van der Waals surface area contributed by atoms with Gasteiger partial charge in [0.25, 0.3) is 0 Å². The Balaban J connectivity index is 1.91. The number of amides is 1. The van der Waals surface area contributed by atoms with E-state index >= 15 is 0 Å². The summed E-state index contributed by atoms with van der Waals surface area (Å²) in [5.74, 6) is 0. The maximum Gasteiger partial charge on any atom is 0.433 e. The van der Waals surface area contributed by atoms with E-state index in [4.69, 9.17) is 4.74 Å². The molecule has 1 saturated heterocycles. The first-order chi connectivity index (χ1) is 10.5. The molecule has 1 aliphatic heterocycles. The molecule has 2 rings (SSSR count). The van der Waals surface area contributed by atoms with E-state index in [1.807, 2.05) is 4.90 Å². The predicted molar refractivity (Wildman–Crippen MR) is 79.2 cm³/mol. The van der Waals surface area contributed by atoms with E-state index in [9.17, 15) is 18.0 Å². The number of ether oxygens (including phenoxy) is 1. The van der Waals surface area contributed by atoms with E-state index in [1.165, 1.54) is 12.3 Å². The highest BCUT2D eigenvalue weighted by Crippen LogP contribution is 2.29. The molecule has 0 unspecified atom stereocenters. The number of carbonyl (C=O) groups excluding carboxylic acids is 1. The van der Waals surface area contributed by atoms with Gasteiger partial charge in [-0.2, -0.15) is 13.2 Å². The van der Waals surface area contributed by atoms with Gasteiger partial charge in [-0.1, -0.05) is 0 Å². The molecule has 1 atom stereocenters.